The number of aliphatic hydroxyl groups is 1. The van der Waals surface area contributed by atoms with E-state index < -0.39 is 0 Å². The van der Waals surface area contributed by atoms with Gasteiger partial charge in [0, 0.05) is 19.2 Å². The second-order valence-corrected chi connectivity index (χ2v) is 4.89. The van der Waals surface area contributed by atoms with E-state index in [1.54, 1.807) is 6.20 Å². The number of nitrogens with two attached hydrogens (primary N) is 1. The Bertz CT molecular complexity index is 568. The van der Waals surface area contributed by atoms with E-state index in [0.717, 1.165) is 43.4 Å². The number of hydrogen-bond donors (Lipinski definition) is 3. The molecule has 102 valence electrons. The minimum absolute atomic E-state index is 0.234. The van der Waals surface area contributed by atoms with Crippen LogP contribution in [0.25, 0.3) is 11.0 Å². The Morgan fingerprint density at radius 2 is 2.37 bits per heavy atom. The number of rotatable bonds is 4. The molecule has 0 aromatic carbocycles. The quantitative estimate of drug-likeness (QED) is 0.748. The van der Waals surface area contributed by atoms with Crippen LogP contribution in [-0.2, 0) is 0 Å². The highest BCUT2D eigenvalue weighted by atomic mass is 16.2. The molecule has 0 amide bonds. The highest BCUT2D eigenvalue weighted by Crippen LogP contribution is 2.31. The van der Waals surface area contributed by atoms with Gasteiger partial charge in [0.15, 0.2) is 5.65 Å². The fraction of sp³-hybridized carbons (Fsp3) is 0.583. The van der Waals surface area contributed by atoms with Crippen LogP contribution in [0.5, 0.6) is 0 Å². The van der Waals surface area contributed by atoms with Gasteiger partial charge in [0.05, 0.1) is 11.6 Å². The Morgan fingerprint density at radius 1 is 1.47 bits per heavy atom. The molecule has 3 heterocycles. The van der Waals surface area contributed by atoms with Gasteiger partial charge in [0.2, 0.25) is 5.95 Å². The summed E-state index contributed by atoms with van der Waals surface area (Å²) in [7, 11) is 0. The minimum Gasteiger partial charge on any atom is -0.396 e. The van der Waals surface area contributed by atoms with Crippen molar-refractivity contribution in [3.63, 3.8) is 0 Å². The lowest BCUT2D eigenvalue weighted by atomic mass is 10.1. The molecular formula is C12H18N6O. The van der Waals surface area contributed by atoms with E-state index in [-0.39, 0.29) is 12.6 Å². The van der Waals surface area contributed by atoms with Crippen LogP contribution in [0.4, 0.5) is 11.8 Å². The third-order valence-electron chi connectivity index (χ3n) is 3.65. The molecule has 3 rings (SSSR count). The van der Waals surface area contributed by atoms with Crippen LogP contribution in [0.2, 0.25) is 0 Å². The fourth-order valence-electron chi connectivity index (χ4n) is 2.80. The van der Waals surface area contributed by atoms with Crippen molar-refractivity contribution in [1.82, 2.24) is 20.2 Å². The molecule has 1 aliphatic heterocycles. The molecule has 1 fully saturated rings. The molecule has 4 N–H and O–H groups in total. The summed E-state index contributed by atoms with van der Waals surface area (Å²) < 4.78 is 0. The zero-order chi connectivity index (χ0) is 13.2. The molecule has 1 aliphatic rings. The molecule has 1 atom stereocenters. The Kier molecular flexibility index (Phi) is 3.20. The van der Waals surface area contributed by atoms with Gasteiger partial charge in [-0.05, 0) is 25.7 Å². The second-order valence-electron chi connectivity index (χ2n) is 4.89. The summed E-state index contributed by atoms with van der Waals surface area (Å²) in [6, 6.07) is 0.416. The summed E-state index contributed by atoms with van der Waals surface area (Å²) in [5, 5.41) is 16.7. The van der Waals surface area contributed by atoms with Crippen LogP contribution in [0.1, 0.15) is 25.7 Å². The number of fused-ring (bicyclic) bond motifs is 1. The van der Waals surface area contributed by atoms with Gasteiger partial charge >= 0.3 is 0 Å². The lowest BCUT2D eigenvalue weighted by molar-refractivity contribution is 0.279. The number of H-pyrrole nitrogens is 1. The predicted molar refractivity (Wildman–Crippen MR) is 72.8 cm³/mol. The fourth-order valence-corrected chi connectivity index (χ4v) is 2.80. The number of aromatic nitrogens is 4. The number of anilines is 2. The van der Waals surface area contributed by atoms with E-state index in [9.17, 15) is 0 Å². The van der Waals surface area contributed by atoms with E-state index in [1.807, 2.05) is 0 Å². The largest absolute Gasteiger partial charge is 0.396 e. The van der Waals surface area contributed by atoms with Crippen molar-refractivity contribution in [3.8, 4) is 0 Å². The monoisotopic (exact) mass is 262 g/mol. The number of nitrogens with one attached hydrogen (secondary N) is 1. The molecule has 0 radical (unpaired) electrons. The number of aromatic amines is 1. The third-order valence-corrected chi connectivity index (χ3v) is 3.65. The summed E-state index contributed by atoms with van der Waals surface area (Å²) in [6.45, 7) is 1.20. The topological polar surface area (TPSA) is 104 Å². The molecule has 2 aromatic rings. The molecule has 0 spiro atoms. The summed E-state index contributed by atoms with van der Waals surface area (Å²) in [5.41, 5.74) is 6.44. The zero-order valence-corrected chi connectivity index (χ0v) is 10.7. The molecular weight excluding hydrogens is 244 g/mol. The molecule has 1 unspecified atom stereocenters. The van der Waals surface area contributed by atoms with Crippen LogP contribution in [0.15, 0.2) is 6.20 Å². The number of nitrogen functional groups attached to an aromatic ring is 1. The lowest BCUT2D eigenvalue weighted by Crippen LogP contribution is -2.30. The zero-order valence-electron chi connectivity index (χ0n) is 10.7. The van der Waals surface area contributed by atoms with E-state index in [1.165, 1.54) is 0 Å². The van der Waals surface area contributed by atoms with Gasteiger partial charge in [-0.25, -0.2) is 0 Å². The minimum atomic E-state index is 0.234. The van der Waals surface area contributed by atoms with Crippen LogP contribution < -0.4 is 10.6 Å². The third kappa shape index (κ3) is 2.21. The molecule has 0 saturated carbocycles. The van der Waals surface area contributed by atoms with E-state index in [0.29, 0.717) is 11.7 Å². The first kappa shape index (κ1) is 12.2. The first-order valence-electron chi connectivity index (χ1n) is 6.63. The average molecular weight is 262 g/mol. The summed E-state index contributed by atoms with van der Waals surface area (Å²) in [4.78, 5) is 10.8. The molecule has 2 aromatic heterocycles. The van der Waals surface area contributed by atoms with E-state index in [4.69, 9.17) is 10.8 Å². The molecule has 7 heteroatoms. The standard InChI is InChI=1S/C12H18N6O/c13-12-15-10-9(7-14-17-10)11(16-12)18-5-1-3-8(18)4-2-6-19/h7-8,19H,1-6H2,(H3,13,14,15,16,17). The van der Waals surface area contributed by atoms with Crippen LogP contribution in [0.3, 0.4) is 0 Å². The molecule has 19 heavy (non-hydrogen) atoms. The van der Waals surface area contributed by atoms with E-state index >= 15 is 0 Å². The van der Waals surface area contributed by atoms with E-state index in [2.05, 4.69) is 25.1 Å². The van der Waals surface area contributed by atoms with Crippen molar-refractivity contribution in [2.24, 2.45) is 0 Å². The van der Waals surface area contributed by atoms with Crippen LogP contribution in [0, 0.1) is 0 Å². The number of hydrogen-bond acceptors (Lipinski definition) is 6. The predicted octanol–water partition coefficient (Wildman–Crippen LogP) is 0.676. The van der Waals surface area contributed by atoms with Crippen LogP contribution >= 0.6 is 0 Å². The van der Waals surface area contributed by atoms with Gasteiger partial charge in [0.1, 0.15) is 5.82 Å². The molecule has 0 aliphatic carbocycles. The highest BCUT2D eigenvalue weighted by Gasteiger charge is 2.27. The second kappa shape index (κ2) is 5.00. The molecule has 7 nitrogen and oxygen atoms in total. The van der Waals surface area contributed by atoms with Gasteiger partial charge in [0.25, 0.3) is 0 Å². The molecule has 1 saturated heterocycles. The normalized spacial score (nSPS) is 19.4. The van der Waals surface area contributed by atoms with Gasteiger partial charge in [-0.3, -0.25) is 5.10 Å². The molecule has 0 bridgehead atoms. The van der Waals surface area contributed by atoms with Crippen molar-refractivity contribution >= 4 is 22.8 Å². The smallest absolute Gasteiger partial charge is 0.224 e. The number of aliphatic hydroxyl groups excluding tert-OH is 1. The summed E-state index contributed by atoms with van der Waals surface area (Å²) >= 11 is 0. The van der Waals surface area contributed by atoms with Crippen molar-refractivity contribution < 1.29 is 5.11 Å². The van der Waals surface area contributed by atoms with Gasteiger partial charge in [-0.1, -0.05) is 0 Å². The van der Waals surface area contributed by atoms with Crippen molar-refractivity contribution in [3.05, 3.63) is 6.20 Å². The van der Waals surface area contributed by atoms with Crippen LogP contribution in [-0.4, -0.2) is 44.5 Å². The van der Waals surface area contributed by atoms with Gasteiger partial charge in [-0.15, -0.1) is 0 Å². The van der Waals surface area contributed by atoms with Gasteiger partial charge in [-0.2, -0.15) is 15.1 Å². The first-order chi connectivity index (χ1) is 9.29. The lowest BCUT2D eigenvalue weighted by Gasteiger charge is -2.26. The summed E-state index contributed by atoms with van der Waals surface area (Å²) in [6.07, 6.45) is 5.80. The maximum Gasteiger partial charge on any atom is 0.224 e. The van der Waals surface area contributed by atoms with Gasteiger partial charge < -0.3 is 15.7 Å². The highest BCUT2D eigenvalue weighted by molar-refractivity contribution is 5.87. The Morgan fingerprint density at radius 3 is 3.21 bits per heavy atom. The maximum absolute atomic E-state index is 8.99. The Labute approximate surface area is 110 Å². The maximum atomic E-state index is 8.99. The SMILES string of the molecule is Nc1nc(N2CCCC2CCCO)c2cn[nH]c2n1. The van der Waals surface area contributed by atoms with Crippen molar-refractivity contribution in [2.75, 3.05) is 23.8 Å². The first-order valence-corrected chi connectivity index (χ1v) is 6.63. The van der Waals surface area contributed by atoms with Crippen molar-refractivity contribution in [1.29, 1.82) is 0 Å². The Hall–Kier alpha value is -1.89. The average Bonchev–Trinajstić information content (AvgIpc) is 3.03. The Balaban J connectivity index is 1.96. The van der Waals surface area contributed by atoms with Crippen molar-refractivity contribution in [2.45, 2.75) is 31.7 Å². The summed E-state index contributed by atoms with van der Waals surface area (Å²) in [5.74, 6) is 1.12. The number of nitrogens with zero attached hydrogens (tertiary/aromatic N) is 4.